The quantitative estimate of drug-likeness (QED) is 0.622. The fourth-order valence-corrected chi connectivity index (χ4v) is 2.15. The van der Waals surface area contributed by atoms with Crippen molar-refractivity contribution < 1.29 is 4.92 Å². The number of nitrogens with zero attached hydrogens (tertiary/aromatic N) is 1. The van der Waals surface area contributed by atoms with Gasteiger partial charge in [-0.2, -0.15) is 0 Å². The molecule has 0 spiro atoms. The number of thiophene rings is 1. The van der Waals surface area contributed by atoms with Gasteiger partial charge in [-0.25, -0.2) is 0 Å². The molecule has 0 bridgehead atoms. The van der Waals surface area contributed by atoms with Crippen LogP contribution >= 0.6 is 11.3 Å². The summed E-state index contributed by atoms with van der Waals surface area (Å²) in [5, 5.41) is 10.6. The van der Waals surface area contributed by atoms with Gasteiger partial charge in [-0.15, -0.1) is 0 Å². The number of hydrogen-bond acceptors (Lipinski definition) is 4. The molecular weight excluding hydrogens is 212 g/mol. The highest BCUT2D eigenvalue weighted by Crippen LogP contribution is 2.30. The van der Waals surface area contributed by atoms with E-state index < -0.39 is 0 Å². The molecule has 0 saturated carbocycles. The molecule has 0 aliphatic heterocycles. The van der Waals surface area contributed by atoms with Gasteiger partial charge in [0.05, 0.1) is 4.92 Å². The molecule has 0 unspecified atom stereocenters. The summed E-state index contributed by atoms with van der Waals surface area (Å²) in [6.07, 6.45) is 1.93. The second-order valence-electron chi connectivity index (χ2n) is 4.01. The van der Waals surface area contributed by atoms with Crippen LogP contribution in [0.5, 0.6) is 0 Å². The molecule has 2 N–H and O–H groups in total. The van der Waals surface area contributed by atoms with Gasteiger partial charge in [0.15, 0.2) is 0 Å². The van der Waals surface area contributed by atoms with Crippen molar-refractivity contribution in [2.75, 3.05) is 0 Å². The zero-order chi connectivity index (χ0) is 11.4. The molecule has 0 amide bonds. The molecule has 0 fully saturated rings. The number of nitro groups is 1. The SMILES string of the molecule is CC(C)CC[C@@H](N)c1ccc([N+](=O)[O-])s1. The minimum absolute atomic E-state index is 0.0638. The van der Waals surface area contributed by atoms with Crippen LogP contribution < -0.4 is 5.73 Å². The van der Waals surface area contributed by atoms with Crippen LogP contribution in [-0.4, -0.2) is 4.92 Å². The van der Waals surface area contributed by atoms with Gasteiger partial charge >= 0.3 is 5.00 Å². The average molecular weight is 228 g/mol. The van der Waals surface area contributed by atoms with Gasteiger partial charge in [-0.3, -0.25) is 10.1 Å². The van der Waals surface area contributed by atoms with Crippen LogP contribution in [0.2, 0.25) is 0 Å². The first-order valence-corrected chi connectivity index (χ1v) is 5.82. The van der Waals surface area contributed by atoms with Crippen LogP contribution in [0.15, 0.2) is 12.1 Å². The first kappa shape index (κ1) is 12.1. The summed E-state index contributed by atoms with van der Waals surface area (Å²) in [5.74, 6) is 0.617. The summed E-state index contributed by atoms with van der Waals surface area (Å²) >= 11 is 1.18. The molecule has 1 rings (SSSR count). The van der Waals surface area contributed by atoms with Gasteiger partial charge in [-0.1, -0.05) is 25.2 Å². The van der Waals surface area contributed by atoms with E-state index in [1.165, 1.54) is 17.4 Å². The molecule has 1 aromatic heterocycles. The molecule has 0 radical (unpaired) electrons. The maximum absolute atomic E-state index is 10.5. The summed E-state index contributed by atoms with van der Waals surface area (Å²) in [4.78, 5) is 11.0. The van der Waals surface area contributed by atoms with E-state index in [1.54, 1.807) is 6.07 Å². The molecule has 1 heterocycles. The Hall–Kier alpha value is -0.940. The topological polar surface area (TPSA) is 69.2 Å². The molecule has 4 nitrogen and oxygen atoms in total. The highest BCUT2D eigenvalue weighted by Gasteiger charge is 2.14. The maximum atomic E-state index is 10.5. The van der Waals surface area contributed by atoms with E-state index >= 15 is 0 Å². The Labute approximate surface area is 93.3 Å². The summed E-state index contributed by atoms with van der Waals surface area (Å²) < 4.78 is 0. The van der Waals surface area contributed by atoms with Gasteiger partial charge in [0.25, 0.3) is 0 Å². The normalized spacial score (nSPS) is 13.1. The van der Waals surface area contributed by atoms with Gasteiger partial charge in [0, 0.05) is 17.0 Å². The number of nitrogens with two attached hydrogens (primary N) is 1. The Morgan fingerprint density at radius 3 is 2.60 bits per heavy atom. The zero-order valence-corrected chi connectivity index (χ0v) is 9.79. The monoisotopic (exact) mass is 228 g/mol. The van der Waals surface area contributed by atoms with Crippen molar-refractivity contribution in [3.8, 4) is 0 Å². The predicted molar refractivity (Wildman–Crippen MR) is 62.0 cm³/mol. The maximum Gasteiger partial charge on any atom is 0.324 e. The lowest BCUT2D eigenvalue weighted by molar-refractivity contribution is -0.380. The van der Waals surface area contributed by atoms with Crippen molar-refractivity contribution in [3.05, 3.63) is 27.1 Å². The van der Waals surface area contributed by atoms with Gasteiger partial charge in [0.2, 0.25) is 0 Å². The molecule has 5 heteroatoms. The Kier molecular flexibility index (Phi) is 4.23. The van der Waals surface area contributed by atoms with Crippen molar-refractivity contribution >= 4 is 16.3 Å². The lowest BCUT2D eigenvalue weighted by atomic mass is 10.0. The Bertz CT molecular complexity index is 336. The van der Waals surface area contributed by atoms with E-state index in [9.17, 15) is 10.1 Å². The highest BCUT2D eigenvalue weighted by molar-refractivity contribution is 7.15. The minimum Gasteiger partial charge on any atom is -0.323 e. The molecule has 0 aliphatic carbocycles. The molecule has 15 heavy (non-hydrogen) atoms. The van der Waals surface area contributed by atoms with Gasteiger partial charge < -0.3 is 5.73 Å². The third kappa shape index (κ3) is 3.60. The average Bonchev–Trinajstić information content (AvgIpc) is 2.62. The molecule has 0 aromatic carbocycles. The van der Waals surface area contributed by atoms with Gasteiger partial charge in [0.1, 0.15) is 0 Å². The first-order valence-electron chi connectivity index (χ1n) is 5.00. The Balaban J connectivity index is 2.58. The van der Waals surface area contributed by atoms with E-state index in [4.69, 9.17) is 5.73 Å². The molecule has 1 aromatic rings. The van der Waals surface area contributed by atoms with E-state index in [0.717, 1.165) is 17.7 Å². The molecule has 0 aliphatic rings. The second kappa shape index (κ2) is 5.23. The number of hydrogen-bond donors (Lipinski definition) is 1. The second-order valence-corrected chi connectivity index (χ2v) is 5.10. The summed E-state index contributed by atoms with van der Waals surface area (Å²) in [5.41, 5.74) is 5.94. The van der Waals surface area contributed by atoms with Crippen LogP contribution in [0.4, 0.5) is 5.00 Å². The highest BCUT2D eigenvalue weighted by atomic mass is 32.1. The first-order chi connectivity index (χ1) is 7.00. The van der Waals surface area contributed by atoms with Crippen LogP contribution in [0, 0.1) is 16.0 Å². The van der Waals surface area contributed by atoms with Crippen LogP contribution in [0.25, 0.3) is 0 Å². The standard InChI is InChI=1S/C10H16N2O2S/c1-7(2)3-4-8(11)9-5-6-10(15-9)12(13)14/h5-8H,3-4,11H2,1-2H3/t8-/m1/s1. The number of rotatable bonds is 5. The van der Waals surface area contributed by atoms with Crippen molar-refractivity contribution in [2.24, 2.45) is 11.7 Å². The van der Waals surface area contributed by atoms with Crippen LogP contribution in [0.3, 0.4) is 0 Å². The lowest BCUT2D eigenvalue weighted by Crippen LogP contribution is -2.09. The molecule has 84 valence electrons. The van der Waals surface area contributed by atoms with Crippen molar-refractivity contribution in [3.63, 3.8) is 0 Å². The van der Waals surface area contributed by atoms with Crippen molar-refractivity contribution in [1.82, 2.24) is 0 Å². The fourth-order valence-electron chi connectivity index (χ4n) is 1.29. The van der Waals surface area contributed by atoms with E-state index in [2.05, 4.69) is 13.8 Å². The lowest BCUT2D eigenvalue weighted by Gasteiger charge is -2.10. The predicted octanol–water partition coefficient (Wildman–Crippen LogP) is 3.09. The smallest absolute Gasteiger partial charge is 0.323 e. The largest absolute Gasteiger partial charge is 0.324 e. The van der Waals surface area contributed by atoms with E-state index in [1.807, 2.05) is 0 Å². The minimum atomic E-state index is -0.372. The van der Waals surface area contributed by atoms with Crippen molar-refractivity contribution in [1.29, 1.82) is 0 Å². The summed E-state index contributed by atoms with van der Waals surface area (Å²) in [6.45, 7) is 4.28. The fraction of sp³-hybridized carbons (Fsp3) is 0.600. The van der Waals surface area contributed by atoms with Crippen molar-refractivity contribution in [2.45, 2.75) is 32.7 Å². The van der Waals surface area contributed by atoms with E-state index in [0.29, 0.717) is 5.92 Å². The zero-order valence-electron chi connectivity index (χ0n) is 8.97. The summed E-state index contributed by atoms with van der Waals surface area (Å²) in [6, 6.07) is 3.22. The third-order valence-electron chi connectivity index (χ3n) is 2.21. The molecule has 0 saturated heterocycles. The van der Waals surface area contributed by atoms with E-state index in [-0.39, 0.29) is 16.0 Å². The third-order valence-corrected chi connectivity index (χ3v) is 3.38. The Morgan fingerprint density at radius 2 is 2.13 bits per heavy atom. The van der Waals surface area contributed by atoms with Crippen LogP contribution in [-0.2, 0) is 0 Å². The molecule has 1 atom stereocenters. The van der Waals surface area contributed by atoms with Gasteiger partial charge in [-0.05, 0) is 24.8 Å². The molecular formula is C10H16N2O2S. The van der Waals surface area contributed by atoms with Crippen LogP contribution in [0.1, 0.15) is 37.6 Å². The summed E-state index contributed by atoms with van der Waals surface area (Å²) in [7, 11) is 0. The Morgan fingerprint density at radius 1 is 1.47 bits per heavy atom.